The molecule has 118 valence electrons. The third-order valence-corrected chi connectivity index (χ3v) is 6.00. The molecule has 1 aliphatic heterocycles. The van der Waals surface area contributed by atoms with Gasteiger partial charge < -0.3 is 5.11 Å². The van der Waals surface area contributed by atoms with E-state index < -0.39 is 15.7 Å². The Morgan fingerprint density at radius 1 is 1.33 bits per heavy atom. The molecule has 1 aromatic carbocycles. The van der Waals surface area contributed by atoms with Gasteiger partial charge in [-0.3, -0.25) is 0 Å². The summed E-state index contributed by atoms with van der Waals surface area (Å²) < 4.78 is 29.5. The summed E-state index contributed by atoms with van der Waals surface area (Å²) in [6, 6.07) is 9.16. The van der Waals surface area contributed by atoms with Gasteiger partial charge in [0.2, 0.25) is 0 Å². The molecule has 0 bridgehead atoms. The predicted molar refractivity (Wildman–Crippen MR) is 83.0 cm³/mol. The summed E-state index contributed by atoms with van der Waals surface area (Å²) in [5.41, 5.74) is -0.266. The molecule has 1 saturated heterocycles. The lowest BCUT2D eigenvalue weighted by Gasteiger charge is -2.36. The highest BCUT2D eigenvalue weighted by Crippen LogP contribution is 2.25. The van der Waals surface area contributed by atoms with Crippen molar-refractivity contribution in [3.8, 4) is 0 Å². The number of hydrogen-bond acceptors (Lipinski definition) is 3. The van der Waals surface area contributed by atoms with Gasteiger partial charge >= 0.3 is 0 Å². The fraction of sp³-hybridized carbons (Fsp3) is 0.600. The van der Waals surface area contributed by atoms with E-state index in [9.17, 15) is 13.5 Å². The van der Waals surface area contributed by atoms with Crippen molar-refractivity contribution in [1.82, 2.24) is 9.03 Å². The highest BCUT2D eigenvalue weighted by Gasteiger charge is 2.36. The molecule has 2 atom stereocenters. The average molecular weight is 312 g/mol. The van der Waals surface area contributed by atoms with Gasteiger partial charge in [0.05, 0.1) is 12.1 Å². The number of aliphatic hydroxyl groups excluding tert-OH is 1. The van der Waals surface area contributed by atoms with Crippen molar-refractivity contribution in [2.45, 2.75) is 44.7 Å². The van der Waals surface area contributed by atoms with Gasteiger partial charge in [-0.15, -0.1) is 0 Å². The van der Waals surface area contributed by atoms with Crippen LogP contribution in [0.4, 0.5) is 0 Å². The maximum Gasteiger partial charge on any atom is 0.280 e. The molecule has 2 N–H and O–H groups in total. The van der Waals surface area contributed by atoms with Crippen LogP contribution >= 0.6 is 0 Å². The average Bonchev–Trinajstić information content (AvgIpc) is 2.48. The highest BCUT2D eigenvalue weighted by molar-refractivity contribution is 7.87. The van der Waals surface area contributed by atoms with Gasteiger partial charge in [0, 0.05) is 12.6 Å². The molecular weight excluding hydrogens is 288 g/mol. The second-order valence-corrected chi connectivity index (χ2v) is 7.54. The van der Waals surface area contributed by atoms with Gasteiger partial charge in [-0.2, -0.15) is 17.4 Å². The quantitative estimate of drug-likeness (QED) is 0.868. The summed E-state index contributed by atoms with van der Waals surface area (Å²) in [6.45, 7) is 3.87. The Bertz CT molecular complexity index is 562. The smallest absolute Gasteiger partial charge is 0.280 e. The number of aliphatic hydroxyl groups is 1. The van der Waals surface area contributed by atoms with Crippen LogP contribution in [-0.2, 0) is 15.7 Å². The number of rotatable bonds is 5. The van der Waals surface area contributed by atoms with Crippen LogP contribution in [0.15, 0.2) is 30.3 Å². The standard InChI is InChI=1S/C15H24N2O3S/c1-13-8-6-7-11-17(13)21(19,20)16-15(2,12-18)14-9-4-3-5-10-14/h3-5,9-10,13,16,18H,6-8,11-12H2,1-2H3. The van der Waals surface area contributed by atoms with Crippen LogP contribution in [-0.4, -0.2) is 37.0 Å². The molecular formula is C15H24N2O3S. The molecule has 2 unspecified atom stereocenters. The van der Waals surface area contributed by atoms with Gasteiger partial charge in [-0.05, 0) is 32.3 Å². The maximum absolute atomic E-state index is 12.6. The van der Waals surface area contributed by atoms with E-state index in [1.54, 1.807) is 6.92 Å². The number of piperidine rings is 1. The van der Waals surface area contributed by atoms with Crippen molar-refractivity contribution >= 4 is 10.2 Å². The highest BCUT2D eigenvalue weighted by atomic mass is 32.2. The van der Waals surface area contributed by atoms with E-state index in [1.165, 1.54) is 4.31 Å². The van der Waals surface area contributed by atoms with E-state index in [0.29, 0.717) is 6.54 Å². The van der Waals surface area contributed by atoms with Crippen LogP contribution in [0.2, 0.25) is 0 Å². The number of nitrogens with one attached hydrogen (secondary N) is 1. The van der Waals surface area contributed by atoms with Gasteiger partial charge in [0.25, 0.3) is 10.2 Å². The van der Waals surface area contributed by atoms with Gasteiger partial charge in [0.15, 0.2) is 0 Å². The van der Waals surface area contributed by atoms with Crippen molar-refractivity contribution in [1.29, 1.82) is 0 Å². The lowest BCUT2D eigenvalue weighted by atomic mass is 9.94. The van der Waals surface area contributed by atoms with E-state index in [1.807, 2.05) is 37.3 Å². The molecule has 0 aromatic heterocycles. The fourth-order valence-electron chi connectivity index (χ4n) is 2.76. The monoisotopic (exact) mass is 312 g/mol. The number of nitrogens with zero attached hydrogens (tertiary/aromatic N) is 1. The number of hydrogen-bond donors (Lipinski definition) is 2. The molecule has 2 rings (SSSR count). The van der Waals surface area contributed by atoms with E-state index in [2.05, 4.69) is 4.72 Å². The first-order valence-corrected chi connectivity index (χ1v) is 8.80. The Morgan fingerprint density at radius 2 is 2.00 bits per heavy atom. The molecule has 6 heteroatoms. The van der Waals surface area contributed by atoms with Crippen LogP contribution in [0.3, 0.4) is 0 Å². The Balaban J connectivity index is 2.25. The third kappa shape index (κ3) is 3.63. The van der Waals surface area contributed by atoms with Crippen LogP contribution < -0.4 is 4.72 Å². The van der Waals surface area contributed by atoms with Crippen LogP contribution in [0.25, 0.3) is 0 Å². The molecule has 1 aliphatic rings. The SMILES string of the molecule is CC1CCCCN1S(=O)(=O)NC(C)(CO)c1ccccc1. The van der Waals surface area contributed by atoms with Crippen LogP contribution in [0, 0.1) is 0 Å². The molecule has 0 radical (unpaired) electrons. The molecule has 1 heterocycles. The van der Waals surface area contributed by atoms with Crippen LogP contribution in [0.5, 0.6) is 0 Å². The summed E-state index contributed by atoms with van der Waals surface area (Å²) in [5, 5.41) is 9.72. The zero-order chi connectivity index (χ0) is 15.5. The zero-order valence-corrected chi connectivity index (χ0v) is 13.4. The molecule has 0 spiro atoms. The molecule has 21 heavy (non-hydrogen) atoms. The Hall–Kier alpha value is -0.950. The van der Waals surface area contributed by atoms with Crippen molar-refractivity contribution in [2.24, 2.45) is 0 Å². The molecule has 5 nitrogen and oxygen atoms in total. The van der Waals surface area contributed by atoms with Crippen molar-refractivity contribution < 1.29 is 13.5 Å². The van der Waals surface area contributed by atoms with Crippen molar-refractivity contribution in [2.75, 3.05) is 13.2 Å². The minimum absolute atomic E-state index is 0.00466. The normalized spacial score (nSPS) is 23.7. The second-order valence-electron chi connectivity index (χ2n) is 5.92. The van der Waals surface area contributed by atoms with E-state index in [-0.39, 0.29) is 12.6 Å². The first-order valence-electron chi connectivity index (χ1n) is 7.36. The molecule has 0 saturated carbocycles. The number of benzene rings is 1. The van der Waals surface area contributed by atoms with Crippen LogP contribution in [0.1, 0.15) is 38.7 Å². The molecule has 0 aliphatic carbocycles. The lowest BCUT2D eigenvalue weighted by Crippen LogP contribution is -2.55. The Labute approximate surface area is 127 Å². The Morgan fingerprint density at radius 3 is 2.57 bits per heavy atom. The minimum Gasteiger partial charge on any atom is -0.394 e. The fourth-order valence-corrected chi connectivity index (χ4v) is 4.58. The first-order chi connectivity index (χ1) is 9.89. The summed E-state index contributed by atoms with van der Waals surface area (Å²) >= 11 is 0. The summed E-state index contributed by atoms with van der Waals surface area (Å²) in [6.07, 6.45) is 2.82. The van der Waals surface area contributed by atoms with E-state index >= 15 is 0 Å². The molecule has 1 aromatic rings. The largest absolute Gasteiger partial charge is 0.394 e. The van der Waals surface area contributed by atoms with Gasteiger partial charge in [-0.1, -0.05) is 36.8 Å². The Kier molecular flexibility index (Phi) is 5.03. The second kappa shape index (κ2) is 6.44. The molecule has 0 amide bonds. The summed E-state index contributed by atoms with van der Waals surface area (Å²) in [7, 11) is -3.63. The van der Waals surface area contributed by atoms with E-state index in [4.69, 9.17) is 0 Å². The maximum atomic E-state index is 12.6. The van der Waals surface area contributed by atoms with Crippen molar-refractivity contribution in [3.63, 3.8) is 0 Å². The summed E-state index contributed by atoms with van der Waals surface area (Å²) in [4.78, 5) is 0. The van der Waals surface area contributed by atoms with Gasteiger partial charge in [0.1, 0.15) is 0 Å². The zero-order valence-electron chi connectivity index (χ0n) is 12.6. The molecule has 1 fully saturated rings. The minimum atomic E-state index is -3.63. The topological polar surface area (TPSA) is 69.6 Å². The van der Waals surface area contributed by atoms with E-state index in [0.717, 1.165) is 24.8 Å². The lowest BCUT2D eigenvalue weighted by molar-refractivity contribution is 0.188. The predicted octanol–water partition coefficient (Wildman–Crippen LogP) is 1.60. The van der Waals surface area contributed by atoms with Gasteiger partial charge in [-0.25, -0.2) is 0 Å². The third-order valence-electron chi connectivity index (χ3n) is 4.13. The van der Waals surface area contributed by atoms with Crippen molar-refractivity contribution in [3.05, 3.63) is 35.9 Å². The summed E-state index contributed by atoms with van der Waals surface area (Å²) in [5.74, 6) is 0. The first kappa shape index (κ1) is 16.4.